The van der Waals surface area contributed by atoms with E-state index in [0.29, 0.717) is 5.56 Å². The smallest absolute Gasteiger partial charge is 0.270 e. The van der Waals surface area contributed by atoms with Crippen molar-refractivity contribution in [2.24, 2.45) is 5.41 Å². The topological polar surface area (TPSA) is 81.5 Å². The average molecular weight is 306 g/mol. The highest BCUT2D eigenvalue weighted by molar-refractivity contribution is 5.95. The van der Waals surface area contributed by atoms with Crippen LogP contribution < -0.4 is 5.32 Å². The third-order valence-electron chi connectivity index (χ3n) is 4.24. The van der Waals surface area contributed by atoms with Crippen LogP contribution in [0, 0.1) is 15.5 Å². The SMILES string of the molecule is CC(C)O[C@@H]1C[C@H](NC(=O)c2cccc([N+](=O)[O-])c2)C1(C)C. The quantitative estimate of drug-likeness (QED) is 0.670. The molecule has 0 bridgehead atoms. The van der Waals surface area contributed by atoms with Gasteiger partial charge in [-0.25, -0.2) is 0 Å². The summed E-state index contributed by atoms with van der Waals surface area (Å²) in [4.78, 5) is 22.5. The third-order valence-corrected chi connectivity index (χ3v) is 4.24. The van der Waals surface area contributed by atoms with Crippen molar-refractivity contribution in [3.05, 3.63) is 39.9 Å². The van der Waals surface area contributed by atoms with E-state index in [4.69, 9.17) is 4.74 Å². The Morgan fingerprint density at radius 2 is 2.14 bits per heavy atom. The number of hydrogen-bond donors (Lipinski definition) is 1. The third kappa shape index (κ3) is 3.27. The predicted molar refractivity (Wildman–Crippen MR) is 82.8 cm³/mol. The van der Waals surface area contributed by atoms with E-state index in [1.807, 2.05) is 13.8 Å². The maximum absolute atomic E-state index is 12.3. The Morgan fingerprint density at radius 1 is 1.45 bits per heavy atom. The van der Waals surface area contributed by atoms with Gasteiger partial charge in [0.25, 0.3) is 11.6 Å². The molecule has 1 fully saturated rings. The Labute approximate surface area is 130 Å². The molecule has 6 heteroatoms. The van der Waals surface area contributed by atoms with Crippen LogP contribution >= 0.6 is 0 Å². The average Bonchev–Trinajstić information content (AvgIpc) is 2.45. The van der Waals surface area contributed by atoms with Crippen LogP contribution in [0.3, 0.4) is 0 Å². The first-order chi connectivity index (χ1) is 10.2. The molecule has 120 valence electrons. The molecule has 1 aliphatic rings. The molecule has 0 heterocycles. The molecular formula is C16H22N2O4. The van der Waals surface area contributed by atoms with Gasteiger partial charge in [-0.2, -0.15) is 0 Å². The number of nitrogens with one attached hydrogen (secondary N) is 1. The molecule has 6 nitrogen and oxygen atoms in total. The molecule has 0 radical (unpaired) electrons. The summed E-state index contributed by atoms with van der Waals surface area (Å²) in [6.07, 6.45) is 1.02. The summed E-state index contributed by atoms with van der Waals surface area (Å²) in [6.45, 7) is 8.10. The van der Waals surface area contributed by atoms with Gasteiger partial charge in [0.15, 0.2) is 0 Å². The van der Waals surface area contributed by atoms with Crippen molar-refractivity contribution in [3.8, 4) is 0 Å². The number of non-ortho nitro benzene ring substituents is 1. The van der Waals surface area contributed by atoms with Gasteiger partial charge in [-0.3, -0.25) is 14.9 Å². The summed E-state index contributed by atoms with van der Waals surface area (Å²) < 4.78 is 5.83. The molecule has 1 N–H and O–H groups in total. The number of hydrogen-bond acceptors (Lipinski definition) is 4. The molecule has 22 heavy (non-hydrogen) atoms. The fraction of sp³-hybridized carbons (Fsp3) is 0.562. The molecule has 1 amide bonds. The molecule has 0 unspecified atom stereocenters. The second kappa shape index (κ2) is 6.04. The second-order valence-corrected chi connectivity index (χ2v) is 6.56. The second-order valence-electron chi connectivity index (χ2n) is 6.56. The van der Waals surface area contributed by atoms with Crippen molar-refractivity contribution in [2.75, 3.05) is 0 Å². The van der Waals surface area contributed by atoms with E-state index >= 15 is 0 Å². The van der Waals surface area contributed by atoms with Crippen LogP contribution in [-0.2, 0) is 4.74 Å². The fourth-order valence-corrected chi connectivity index (χ4v) is 2.69. The number of nitro benzene ring substituents is 1. The van der Waals surface area contributed by atoms with E-state index in [1.165, 1.54) is 18.2 Å². The zero-order valence-corrected chi connectivity index (χ0v) is 13.3. The largest absolute Gasteiger partial charge is 0.375 e. The van der Waals surface area contributed by atoms with Gasteiger partial charge in [-0.1, -0.05) is 19.9 Å². The first kappa shape index (κ1) is 16.4. The van der Waals surface area contributed by atoms with E-state index in [0.717, 1.165) is 6.42 Å². The van der Waals surface area contributed by atoms with E-state index < -0.39 is 4.92 Å². The molecule has 0 aliphatic heterocycles. The molecule has 1 aliphatic carbocycles. The van der Waals surface area contributed by atoms with Crippen LogP contribution in [0.2, 0.25) is 0 Å². The molecule has 0 spiro atoms. The van der Waals surface area contributed by atoms with Gasteiger partial charge in [0.1, 0.15) is 0 Å². The maximum Gasteiger partial charge on any atom is 0.270 e. The summed E-state index contributed by atoms with van der Waals surface area (Å²) in [5, 5.41) is 13.7. The molecule has 0 aromatic heterocycles. The first-order valence-corrected chi connectivity index (χ1v) is 7.42. The Balaban J connectivity index is 2.02. The minimum Gasteiger partial charge on any atom is -0.375 e. The lowest BCUT2D eigenvalue weighted by molar-refractivity contribution is -0.384. The predicted octanol–water partition coefficient (Wildman–Crippen LogP) is 2.92. The lowest BCUT2D eigenvalue weighted by Gasteiger charge is -2.52. The van der Waals surface area contributed by atoms with Crippen LogP contribution in [-0.4, -0.2) is 29.1 Å². The highest BCUT2D eigenvalue weighted by atomic mass is 16.6. The molecule has 1 aromatic carbocycles. The van der Waals surface area contributed by atoms with E-state index in [-0.39, 0.29) is 35.3 Å². The van der Waals surface area contributed by atoms with Gasteiger partial charge < -0.3 is 10.1 Å². The van der Waals surface area contributed by atoms with Crippen LogP contribution in [0.4, 0.5) is 5.69 Å². The van der Waals surface area contributed by atoms with Gasteiger partial charge in [0.2, 0.25) is 0 Å². The zero-order chi connectivity index (χ0) is 16.5. The highest BCUT2D eigenvalue weighted by Gasteiger charge is 2.50. The molecule has 1 saturated carbocycles. The maximum atomic E-state index is 12.3. The molecule has 2 atom stereocenters. The van der Waals surface area contributed by atoms with Gasteiger partial charge in [-0.15, -0.1) is 0 Å². The number of benzene rings is 1. The summed E-state index contributed by atoms with van der Waals surface area (Å²) in [6, 6.07) is 5.77. The number of carbonyl (C=O) groups is 1. The number of amides is 1. The van der Waals surface area contributed by atoms with Crippen LogP contribution in [0.15, 0.2) is 24.3 Å². The van der Waals surface area contributed by atoms with Crippen molar-refractivity contribution < 1.29 is 14.5 Å². The fourth-order valence-electron chi connectivity index (χ4n) is 2.69. The standard InChI is InChI=1S/C16H22N2O4/c1-10(2)22-14-9-13(16(14,3)4)17-15(19)11-6-5-7-12(8-11)18(20)21/h5-8,10,13-14H,9H2,1-4H3,(H,17,19)/t13-,14+/m0/s1. The van der Waals surface area contributed by atoms with Crippen LogP contribution in [0.1, 0.15) is 44.5 Å². The number of rotatable bonds is 5. The van der Waals surface area contributed by atoms with Gasteiger partial charge in [-0.05, 0) is 26.3 Å². The van der Waals surface area contributed by atoms with E-state index in [2.05, 4.69) is 19.2 Å². The first-order valence-electron chi connectivity index (χ1n) is 7.42. The van der Waals surface area contributed by atoms with Gasteiger partial charge in [0, 0.05) is 29.2 Å². The van der Waals surface area contributed by atoms with E-state index in [1.54, 1.807) is 6.07 Å². The Morgan fingerprint density at radius 3 is 2.68 bits per heavy atom. The Bertz CT molecular complexity index is 583. The molecule has 2 rings (SSSR count). The van der Waals surface area contributed by atoms with Crippen LogP contribution in [0.5, 0.6) is 0 Å². The van der Waals surface area contributed by atoms with Gasteiger partial charge >= 0.3 is 0 Å². The number of carbonyl (C=O) groups excluding carboxylic acids is 1. The Hall–Kier alpha value is -1.95. The lowest BCUT2D eigenvalue weighted by atomic mass is 9.64. The zero-order valence-electron chi connectivity index (χ0n) is 13.3. The number of nitro groups is 1. The molecule has 0 saturated heterocycles. The lowest BCUT2D eigenvalue weighted by Crippen LogP contribution is -2.62. The van der Waals surface area contributed by atoms with Gasteiger partial charge in [0.05, 0.1) is 17.1 Å². The van der Waals surface area contributed by atoms with Crippen molar-refractivity contribution in [3.63, 3.8) is 0 Å². The molecule has 1 aromatic rings. The monoisotopic (exact) mass is 306 g/mol. The Kier molecular flexibility index (Phi) is 4.51. The van der Waals surface area contributed by atoms with Crippen molar-refractivity contribution in [1.29, 1.82) is 0 Å². The summed E-state index contributed by atoms with van der Waals surface area (Å²) in [7, 11) is 0. The normalized spacial score (nSPS) is 23.0. The minimum absolute atomic E-state index is 0.00279. The highest BCUT2D eigenvalue weighted by Crippen LogP contribution is 2.43. The number of nitrogens with zero attached hydrogens (tertiary/aromatic N) is 1. The number of ether oxygens (including phenoxy) is 1. The minimum atomic E-state index is -0.503. The summed E-state index contributed by atoms with van der Waals surface area (Å²) >= 11 is 0. The summed E-state index contributed by atoms with van der Waals surface area (Å²) in [5.41, 5.74) is 0.0699. The van der Waals surface area contributed by atoms with Crippen molar-refractivity contribution in [2.45, 2.75) is 52.4 Å². The van der Waals surface area contributed by atoms with Crippen molar-refractivity contribution in [1.82, 2.24) is 5.32 Å². The van der Waals surface area contributed by atoms with E-state index in [9.17, 15) is 14.9 Å². The van der Waals surface area contributed by atoms with Crippen LogP contribution in [0.25, 0.3) is 0 Å². The molecular weight excluding hydrogens is 284 g/mol. The summed E-state index contributed by atoms with van der Waals surface area (Å²) in [5.74, 6) is -0.287. The van der Waals surface area contributed by atoms with Crippen molar-refractivity contribution >= 4 is 11.6 Å².